The molecular weight excluding hydrogens is 743 g/mol. The number of amides is 3. The molecule has 2 aliphatic heterocycles. The number of nitrogens with one attached hydrogen (secondary N) is 3. The fourth-order valence-corrected chi connectivity index (χ4v) is 9.69. The molecule has 1 unspecified atom stereocenters. The number of carbonyl (C=O) groups excluding carboxylic acids is 3. The quantitative estimate of drug-likeness (QED) is 0.140. The maximum absolute atomic E-state index is 15.6. The molecule has 0 bridgehead atoms. The van der Waals surface area contributed by atoms with Gasteiger partial charge in [0.1, 0.15) is 17.6 Å². The molecule has 304 valence electrons. The maximum atomic E-state index is 15.6. The third kappa shape index (κ3) is 8.52. The number of primary amides is 1. The second kappa shape index (κ2) is 17.2. The van der Waals surface area contributed by atoms with Crippen molar-refractivity contribution in [2.24, 2.45) is 11.7 Å². The van der Waals surface area contributed by atoms with Crippen molar-refractivity contribution in [3.8, 4) is 22.4 Å². The molecule has 2 saturated heterocycles. The van der Waals surface area contributed by atoms with Gasteiger partial charge in [0.05, 0.1) is 6.20 Å². The zero-order valence-electron chi connectivity index (χ0n) is 32.5. The molecule has 14 heteroatoms. The summed E-state index contributed by atoms with van der Waals surface area (Å²) in [6.45, 7) is 1.74. The number of nitrogens with two attached hydrogens (primary N) is 1. The van der Waals surface area contributed by atoms with Crippen LogP contribution in [0.3, 0.4) is 0 Å². The first-order valence-electron chi connectivity index (χ1n) is 20.6. The predicted octanol–water partition coefficient (Wildman–Crippen LogP) is 6.04. The van der Waals surface area contributed by atoms with Crippen LogP contribution in [0, 0.1) is 17.6 Å². The summed E-state index contributed by atoms with van der Waals surface area (Å²) in [4.78, 5) is 65.3. The number of pyridine rings is 1. The zero-order chi connectivity index (χ0) is 40.3. The third-order valence-electron chi connectivity index (χ3n) is 12.8. The van der Waals surface area contributed by atoms with Crippen molar-refractivity contribution in [3.05, 3.63) is 94.5 Å². The number of piperidine rings is 2. The molecule has 4 aromatic rings. The Balaban J connectivity index is 0.939. The first-order chi connectivity index (χ1) is 28.1. The molecule has 1 atom stereocenters. The molecule has 5 N–H and O–H groups in total. The summed E-state index contributed by atoms with van der Waals surface area (Å²) in [5, 5.41) is 5.40. The minimum atomic E-state index is -0.567. The fourth-order valence-electron chi connectivity index (χ4n) is 9.69. The van der Waals surface area contributed by atoms with E-state index in [1.807, 2.05) is 18.2 Å². The van der Waals surface area contributed by atoms with E-state index in [9.17, 15) is 19.2 Å². The van der Waals surface area contributed by atoms with Crippen molar-refractivity contribution in [2.75, 3.05) is 23.3 Å². The monoisotopic (exact) mass is 792 g/mol. The molecule has 4 fully saturated rings. The van der Waals surface area contributed by atoms with E-state index < -0.39 is 11.9 Å². The van der Waals surface area contributed by atoms with E-state index in [4.69, 9.17) is 10.7 Å². The highest BCUT2D eigenvalue weighted by Crippen LogP contribution is 2.39. The van der Waals surface area contributed by atoms with Crippen LogP contribution in [0.2, 0.25) is 0 Å². The summed E-state index contributed by atoms with van der Waals surface area (Å²) < 4.78 is 31.0. The molecule has 58 heavy (non-hydrogen) atoms. The standard InChI is InChI=1S/C44H50F2N8O4/c45-36-24-30(50-38-16-17-39(55)51-43(38)58)8-15-34(36)26-18-21-53(22-19-26)31-11-13-33(14-12-31)54(32-9-6-27(7-10-32)41(47)56)44-49-25-37(46)40(52-44)29-4-1-3-28(23-29)35-5-2-20-48-42(35)57/h1-5,8,15,20,23-27,31-33,38,50H,6-7,9-14,16-19,21-22H2,(H2,47,56)(H,48,57)(H,51,55,58). The van der Waals surface area contributed by atoms with E-state index in [-0.39, 0.29) is 65.1 Å². The molecule has 0 spiro atoms. The number of nitrogens with zero attached hydrogens (tertiary/aromatic N) is 4. The van der Waals surface area contributed by atoms with E-state index in [1.165, 1.54) is 12.3 Å². The molecule has 3 amide bonds. The fraction of sp³-hybridized carbons (Fsp3) is 0.455. The second-order valence-corrected chi connectivity index (χ2v) is 16.3. The lowest BCUT2D eigenvalue weighted by Crippen LogP contribution is -2.51. The van der Waals surface area contributed by atoms with Crippen LogP contribution in [0.1, 0.15) is 88.5 Å². The lowest BCUT2D eigenvalue weighted by Gasteiger charge is -2.46. The lowest BCUT2D eigenvalue weighted by atomic mass is 9.82. The molecule has 2 saturated carbocycles. The minimum absolute atomic E-state index is 0.0703. The van der Waals surface area contributed by atoms with Crippen LogP contribution in [0.25, 0.3) is 22.4 Å². The smallest absolute Gasteiger partial charge is 0.255 e. The number of H-pyrrole nitrogens is 1. The SMILES string of the molecule is NC(=O)C1CCC(N(c2ncc(F)c(-c3cccc(-c4ccc[nH]c4=O)c3)n2)C2CCC(N3CCC(c4ccc(NC5CCC(=O)NC5=O)cc4F)CC3)CC2)CC1. The third-order valence-corrected chi connectivity index (χ3v) is 12.8. The molecule has 4 heterocycles. The lowest BCUT2D eigenvalue weighted by molar-refractivity contribution is -0.133. The second-order valence-electron chi connectivity index (χ2n) is 16.3. The minimum Gasteiger partial charge on any atom is -0.374 e. The van der Waals surface area contributed by atoms with Crippen LogP contribution in [0.15, 0.2) is 71.8 Å². The number of hydrogen-bond donors (Lipinski definition) is 4. The first kappa shape index (κ1) is 39.3. The summed E-state index contributed by atoms with van der Waals surface area (Å²) in [7, 11) is 0. The van der Waals surface area contributed by atoms with Gasteiger partial charge in [0.25, 0.3) is 5.56 Å². The van der Waals surface area contributed by atoms with Crippen LogP contribution >= 0.6 is 0 Å². The molecule has 2 aromatic carbocycles. The Bertz CT molecular complexity index is 2210. The topological polar surface area (TPSA) is 166 Å². The highest BCUT2D eigenvalue weighted by Gasteiger charge is 2.38. The number of carbonyl (C=O) groups is 3. The molecule has 8 rings (SSSR count). The van der Waals surface area contributed by atoms with Crippen molar-refractivity contribution < 1.29 is 23.2 Å². The van der Waals surface area contributed by atoms with Gasteiger partial charge in [0, 0.05) is 53.5 Å². The van der Waals surface area contributed by atoms with Crippen molar-refractivity contribution in [2.45, 2.75) is 107 Å². The van der Waals surface area contributed by atoms with E-state index in [1.54, 1.807) is 36.5 Å². The number of aromatic amines is 1. The molecular formula is C44H50F2N8O4. The van der Waals surface area contributed by atoms with Gasteiger partial charge in [-0.2, -0.15) is 0 Å². The molecule has 12 nitrogen and oxygen atoms in total. The molecule has 2 aliphatic carbocycles. The Morgan fingerprint density at radius 1 is 0.828 bits per heavy atom. The summed E-state index contributed by atoms with van der Waals surface area (Å²) in [6, 6.07) is 15.8. The number of anilines is 2. The van der Waals surface area contributed by atoms with Gasteiger partial charge in [0.2, 0.25) is 23.7 Å². The van der Waals surface area contributed by atoms with E-state index in [2.05, 4.69) is 30.4 Å². The van der Waals surface area contributed by atoms with E-state index in [0.717, 1.165) is 64.5 Å². The first-order valence-corrected chi connectivity index (χ1v) is 20.6. The van der Waals surface area contributed by atoms with Gasteiger partial charge in [-0.25, -0.2) is 18.7 Å². The van der Waals surface area contributed by atoms with Gasteiger partial charge < -0.3 is 25.8 Å². The molecule has 2 aromatic heterocycles. The van der Waals surface area contributed by atoms with Crippen molar-refractivity contribution >= 4 is 29.4 Å². The number of halogens is 2. The Hall–Kier alpha value is -5.50. The number of aromatic nitrogens is 3. The van der Waals surface area contributed by atoms with Crippen molar-refractivity contribution in [3.63, 3.8) is 0 Å². The van der Waals surface area contributed by atoms with Crippen LogP contribution in [-0.4, -0.2) is 74.8 Å². The number of benzene rings is 2. The zero-order valence-corrected chi connectivity index (χ0v) is 32.5. The summed E-state index contributed by atoms with van der Waals surface area (Å²) in [5.41, 5.74) is 8.54. The largest absolute Gasteiger partial charge is 0.374 e. The average molecular weight is 793 g/mol. The number of hydrogen-bond acceptors (Lipinski definition) is 9. The number of rotatable bonds is 10. The Morgan fingerprint density at radius 2 is 1.55 bits per heavy atom. The summed E-state index contributed by atoms with van der Waals surface area (Å²) in [5.74, 6) is -1.38. The number of likely N-dealkylation sites (tertiary alicyclic amines) is 1. The van der Waals surface area contributed by atoms with Gasteiger partial charge >= 0.3 is 0 Å². The van der Waals surface area contributed by atoms with Gasteiger partial charge in [0.15, 0.2) is 5.82 Å². The Labute approximate surface area is 336 Å². The van der Waals surface area contributed by atoms with Crippen molar-refractivity contribution in [1.29, 1.82) is 0 Å². The normalized spacial score (nSPS) is 24.6. The van der Waals surface area contributed by atoms with E-state index in [0.29, 0.717) is 59.2 Å². The highest BCUT2D eigenvalue weighted by molar-refractivity contribution is 6.01. The molecule has 0 radical (unpaired) electrons. The van der Waals surface area contributed by atoms with Crippen LogP contribution in [0.5, 0.6) is 0 Å². The average Bonchev–Trinajstić information content (AvgIpc) is 3.23. The summed E-state index contributed by atoms with van der Waals surface area (Å²) >= 11 is 0. The molecule has 4 aliphatic rings. The van der Waals surface area contributed by atoms with Crippen LogP contribution in [0.4, 0.5) is 20.4 Å². The summed E-state index contributed by atoms with van der Waals surface area (Å²) in [6.07, 6.45) is 11.8. The van der Waals surface area contributed by atoms with Crippen LogP contribution < -0.4 is 26.8 Å². The Kier molecular flexibility index (Phi) is 11.6. The van der Waals surface area contributed by atoms with Gasteiger partial charge in [-0.05, 0) is 131 Å². The number of imide groups is 1. The van der Waals surface area contributed by atoms with Crippen molar-refractivity contribution in [1.82, 2.24) is 25.2 Å². The van der Waals surface area contributed by atoms with Gasteiger partial charge in [-0.15, -0.1) is 0 Å². The predicted molar refractivity (Wildman–Crippen MR) is 217 cm³/mol. The van der Waals surface area contributed by atoms with Gasteiger partial charge in [-0.3, -0.25) is 24.5 Å². The Morgan fingerprint density at radius 3 is 2.24 bits per heavy atom. The van der Waals surface area contributed by atoms with Crippen LogP contribution in [-0.2, 0) is 14.4 Å². The maximum Gasteiger partial charge on any atom is 0.255 e. The highest BCUT2D eigenvalue weighted by atomic mass is 19.1. The van der Waals surface area contributed by atoms with E-state index >= 15 is 8.78 Å². The van der Waals surface area contributed by atoms with Gasteiger partial charge in [-0.1, -0.05) is 24.3 Å².